The molecule has 212 valence electrons. The topological polar surface area (TPSA) is 112 Å². The van der Waals surface area contributed by atoms with E-state index in [2.05, 4.69) is 15.2 Å². The lowest BCUT2D eigenvalue weighted by Crippen LogP contribution is -2.37. The predicted molar refractivity (Wildman–Crippen MR) is 150 cm³/mol. The number of rotatable bonds is 6. The molecule has 1 saturated heterocycles. The van der Waals surface area contributed by atoms with Crippen molar-refractivity contribution >= 4 is 23.0 Å². The number of hydrogen-bond acceptors (Lipinski definition) is 8. The van der Waals surface area contributed by atoms with Crippen LogP contribution in [0.1, 0.15) is 27.2 Å². The number of morpholine rings is 1. The number of carbonyl (C=O) groups is 1. The van der Waals surface area contributed by atoms with Crippen molar-refractivity contribution in [1.29, 1.82) is 0 Å². The number of anilines is 2. The molecule has 3 aromatic heterocycles. The molecule has 4 heterocycles. The standard InChI is InChI=1S/C29H28F2N6O4/c1-32-21-10-20(30)25(31)23-17(21)9-22-24(23)26(36-4-6-41-7-5-36)18(11-33-22)15-8-16(13-35(2)3)27-34-12-19(29(39)40)28(38)37(27)14-15/h8,10-12,14,32H,4-7,9,13H2,1-3H3,(H,39,40). The van der Waals surface area contributed by atoms with E-state index in [9.17, 15) is 19.1 Å². The second kappa shape index (κ2) is 10.2. The Labute approximate surface area is 233 Å². The minimum atomic E-state index is -1.38. The molecule has 6 rings (SSSR count). The summed E-state index contributed by atoms with van der Waals surface area (Å²) in [6, 6.07) is 3.04. The first-order valence-corrected chi connectivity index (χ1v) is 13.2. The van der Waals surface area contributed by atoms with E-state index in [-0.39, 0.29) is 5.56 Å². The maximum absolute atomic E-state index is 15.6. The molecule has 1 fully saturated rings. The largest absolute Gasteiger partial charge is 0.477 e. The van der Waals surface area contributed by atoms with Gasteiger partial charge in [0.05, 0.1) is 24.6 Å². The van der Waals surface area contributed by atoms with Crippen molar-refractivity contribution in [2.24, 2.45) is 0 Å². The Morgan fingerprint density at radius 1 is 1.15 bits per heavy atom. The Bertz CT molecular complexity index is 1780. The third-order valence-electron chi connectivity index (χ3n) is 7.55. The van der Waals surface area contributed by atoms with Crippen LogP contribution < -0.4 is 15.8 Å². The van der Waals surface area contributed by atoms with Crippen LogP contribution in [-0.2, 0) is 17.7 Å². The molecule has 0 bridgehead atoms. The summed E-state index contributed by atoms with van der Waals surface area (Å²) >= 11 is 0. The molecule has 1 aliphatic carbocycles. The van der Waals surface area contributed by atoms with Gasteiger partial charge in [-0.2, -0.15) is 0 Å². The predicted octanol–water partition coefficient (Wildman–Crippen LogP) is 3.24. The van der Waals surface area contributed by atoms with Gasteiger partial charge in [0.25, 0.3) is 5.56 Å². The molecule has 0 amide bonds. The zero-order valence-electron chi connectivity index (χ0n) is 22.8. The number of carboxylic acids is 1. The highest BCUT2D eigenvalue weighted by Gasteiger charge is 2.34. The summed E-state index contributed by atoms with van der Waals surface area (Å²) in [5.41, 5.74) is 4.07. The van der Waals surface area contributed by atoms with E-state index in [1.165, 1.54) is 4.40 Å². The molecule has 2 aliphatic rings. The van der Waals surface area contributed by atoms with Crippen molar-refractivity contribution in [1.82, 2.24) is 19.3 Å². The maximum Gasteiger partial charge on any atom is 0.342 e. The number of halogens is 2. The lowest BCUT2D eigenvalue weighted by molar-refractivity contribution is 0.0694. The van der Waals surface area contributed by atoms with E-state index < -0.39 is 28.7 Å². The molecule has 0 spiro atoms. The van der Waals surface area contributed by atoms with E-state index in [1.54, 1.807) is 19.4 Å². The molecule has 0 saturated carbocycles. The molecule has 2 N–H and O–H groups in total. The average Bonchev–Trinajstić information content (AvgIpc) is 3.35. The number of benzene rings is 1. The van der Waals surface area contributed by atoms with Gasteiger partial charge in [-0.15, -0.1) is 0 Å². The van der Waals surface area contributed by atoms with Gasteiger partial charge in [0.1, 0.15) is 11.2 Å². The van der Waals surface area contributed by atoms with E-state index in [4.69, 9.17) is 9.72 Å². The van der Waals surface area contributed by atoms with E-state index in [0.717, 1.165) is 12.3 Å². The van der Waals surface area contributed by atoms with Gasteiger partial charge in [-0.1, -0.05) is 0 Å². The summed E-state index contributed by atoms with van der Waals surface area (Å²) in [5.74, 6) is -3.28. The SMILES string of the molecule is CNc1cc(F)c(F)c2c1Cc1ncc(-c3cc(CN(C)C)c4ncc(C(=O)O)c(=O)n4c3)c(N3CCOCC3)c1-2. The highest BCUT2D eigenvalue weighted by Crippen LogP contribution is 2.50. The van der Waals surface area contributed by atoms with Crippen molar-refractivity contribution in [3.63, 3.8) is 0 Å². The molecular formula is C29H28F2N6O4. The maximum atomic E-state index is 15.6. The van der Waals surface area contributed by atoms with Crippen LogP contribution in [0.2, 0.25) is 0 Å². The van der Waals surface area contributed by atoms with Crippen molar-refractivity contribution in [3.05, 3.63) is 75.1 Å². The number of ether oxygens (including phenoxy) is 1. The number of pyridine rings is 2. The molecule has 4 aromatic rings. The van der Waals surface area contributed by atoms with Gasteiger partial charge in [0.15, 0.2) is 11.6 Å². The second-order valence-electron chi connectivity index (χ2n) is 10.4. The average molecular weight is 563 g/mol. The number of aromatic carboxylic acids is 1. The monoisotopic (exact) mass is 562 g/mol. The Kier molecular flexibility index (Phi) is 6.66. The summed E-state index contributed by atoms with van der Waals surface area (Å²) < 4.78 is 37.3. The van der Waals surface area contributed by atoms with Crippen LogP contribution in [0.25, 0.3) is 27.9 Å². The molecular weight excluding hydrogens is 534 g/mol. The summed E-state index contributed by atoms with van der Waals surface area (Å²) in [4.78, 5) is 38.0. The van der Waals surface area contributed by atoms with E-state index in [1.807, 2.05) is 25.1 Å². The fourth-order valence-corrected chi connectivity index (χ4v) is 5.77. The van der Waals surface area contributed by atoms with Gasteiger partial charge >= 0.3 is 5.97 Å². The number of nitrogens with zero attached hydrogens (tertiary/aromatic N) is 5. The zero-order chi connectivity index (χ0) is 29.0. The third-order valence-corrected chi connectivity index (χ3v) is 7.55. The summed E-state index contributed by atoms with van der Waals surface area (Å²) in [7, 11) is 5.41. The highest BCUT2D eigenvalue weighted by atomic mass is 19.2. The molecule has 12 heteroatoms. The molecule has 1 aliphatic heterocycles. The lowest BCUT2D eigenvalue weighted by Gasteiger charge is -2.32. The van der Waals surface area contributed by atoms with Gasteiger partial charge in [-0.05, 0) is 25.7 Å². The van der Waals surface area contributed by atoms with Crippen LogP contribution in [0.4, 0.5) is 20.2 Å². The molecule has 0 radical (unpaired) electrons. The first-order chi connectivity index (χ1) is 19.7. The van der Waals surface area contributed by atoms with Crippen molar-refractivity contribution in [3.8, 4) is 22.3 Å². The number of nitrogens with one attached hydrogen (secondary N) is 1. The number of aromatic nitrogens is 3. The minimum absolute atomic E-state index is 0.168. The minimum Gasteiger partial charge on any atom is -0.477 e. The number of hydrogen-bond donors (Lipinski definition) is 2. The van der Waals surface area contributed by atoms with Gasteiger partial charge < -0.3 is 25.0 Å². The first kappa shape index (κ1) is 26.8. The van der Waals surface area contributed by atoms with Crippen molar-refractivity contribution < 1.29 is 23.4 Å². The van der Waals surface area contributed by atoms with Crippen LogP contribution in [0, 0.1) is 11.6 Å². The van der Waals surface area contributed by atoms with Crippen LogP contribution in [0.15, 0.2) is 35.5 Å². The second-order valence-corrected chi connectivity index (χ2v) is 10.4. The Morgan fingerprint density at radius 2 is 1.90 bits per heavy atom. The van der Waals surface area contributed by atoms with Crippen molar-refractivity contribution in [2.45, 2.75) is 13.0 Å². The van der Waals surface area contributed by atoms with Gasteiger partial charge in [0.2, 0.25) is 0 Å². The van der Waals surface area contributed by atoms with Crippen LogP contribution in [0.5, 0.6) is 0 Å². The Hall–Kier alpha value is -4.42. The normalized spacial score (nSPS) is 14.4. The van der Waals surface area contributed by atoms with E-state index >= 15 is 4.39 Å². The fourth-order valence-electron chi connectivity index (χ4n) is 5.77. The molecule has 41 heavy (non-hydrogen) atoms. The smallest absolute Gasteiger partial charge is 0.342 e. The zero-order valence-corrected chi connectivity index (χ0v) is 22.8. The molecule has 0 atom stereocenters. The molecule has 10 nitrogen and oxygen atoms in total. The summed E-state index contributed by atoms with van der Waals surface area (Å²) in [6.07, 6.45) is 4.62. The van der Waals surface area contributed by atoms with Gasteiger partial charge in [-0.3, -0.25) is 14.2 Å². The van der Waals surface area contributed by atoms with Gasteiger partial charge in [0, 0.05) is 91.3 Å². The van der Waals surface area contributed by atoms with Crippen LogP contribution >= 0.6 is 0 Å². The van der Waals surface area contributed by atoms with Gasteiger partial charge in [-0.25, -0.2) is 18.6 Å². The quantitative estimate of drug-likeness (QED) is 0.322. The van der Waals surface area contributed by atoms with E-state index in [0.29, 0.717) is 89.8 Å². The number of fused-ring (bicyclic) bond motifs is 4. The highest BCUT2D eigenvalue weighted by molar-refractivity contribution is 5.97. The van der Waals surface area contributed by atoms with Crippen LogP contribution in [0.3, 0.4) is 0 Å². The Balaban J connectivity index is 1.68. The fraction of sp³-hybridized carbons (Fsp3) is 0.310. The summed E-state index contributed by atoms with van der Waals surface area (Å²) in [5, 5.41) is 12.5. The van der Waals surface area contributed by atoms with Crippen LogP contribution in [-0.4, -0.2) is 77.8 Å². The first-order valence-electron chi connectivity index (χ1n) is 13.2. The Morgan fingerprint density at radius 3 is 2.59 bits per heavy atom. The number of carboxylic acid groups (broad SMARTS) is 1. The third kappa shape index (κ3) is 4.39. The van der Waals surface area contributed by atoms with Crippen molar-refractivity contribution in [2.75, 3.05) is 57.7 Å². The molecule has 1 aromatic carbocycles. The summed E-state index contributed by atoms with van der Waals surface area (Å²) in [6.45, 7) is 2.34. The lowest BCUT2D eigenvalue weighted by atomic mass is 9.96. The molecule has 0 unspecified atom stereocenters.